The van der Waals surface area contributed by atoms with Gasteiger partial charge < -0.3 is 19.5 Å². The second-order valence-corrected chi connectivity index (χ2v) is 10.7. The molecule has 3 aromatic rings. The molecule has 4 rings (SSSR count). The summed E-state index contributed by atoms with van der Waals surface area (Å²) in [5.74, 6) is 0.289. The molecule has 1 aliphatic heterocycles. The van der Waals surface area contributed by atoms with Crippen molar-refractivity contribution < 1.29 is 41.0 Å². The van der Waals surface area contributed by atoms with Crippen LogP contribution >= 0.6 is 0 Å². The van der Waals surface area contributed by atoms with E-state index >= 15 is 0 Å². The zero-order chi connectivity index (χ0) is 28.9. The zero-order valence-electron chi connectivity index (χ0n) is 21.5. The summed E-state index contributed by atoms with van der Waals surface area (Å²) in [7, 11) is -2.63. The molecule has 1 heterocycles. The highest BCUT2D eigenvalue weighted by Crippen LogP contribution is 2.35. The van der Waals surface area contributed by atoms with Crippen molar-refractivity contribution in [1.82, 2.24) is 4.90 Å². The summed E-state index contributed by atoms with van der Waals surface area (Å²) in [6.45, 7) is -0.0325. The minimum Gasteiger partial charge on any atom is -0.486 e. The van der Waals surface area contributed by atoms with Crippen LogP contribution in [0.2, 0.25) is 0 Å². The zero-order valence-corrected chi connectivity index (χ0v) is 22.3. The highest BCUT2D eigenvalue weighted by molar-refractivity contribution is 7.92. The Balaban J connectivity index is 1.55. The predicted octanol–water partition coefficient (Wildman–Crippen LogP) is 4.34. The van der Waals surface area contributed by atoms with Crippen LogP contribution in [-0.4, -0.2) is 57.7 Å². The molecular formula is C28H27F3N2O6S. The van der Waals surface area contributed by atoms with Crippen molar-refractivity contribution in [2.75, 3.05) is 37.7 Å². The van der Waals surface area contributed by atoms with Gasteiger partial charge >= 0.3 is 6.18 Å². The SMILES string of the molecule is CN(Cc1ccccc1N(CCO)S(=O)(=O)c1ccc2c(c1)OCCO2)C(=O)/C=C/c1ccc(C(F)(F)F)cc1. The third-order valence-electron chi connectivity index (χ3n) is 6.11. The monoisotopic (exact) mass is 576 g/mol. The number of fused-ring (bicyclic) bond motifs is 1. The van der Waals surface area contributed by atoms with Crippen LogP contribution in [0.15, 0.2) is 77.7 Å². The number of hydrogen-bond acceptors (Lipinski definition) is 6. The number of sulfonamides is 1. The molecule has 1 amide bonds. The lowest BCUT2D eigenvalue weighted by atomic mass is 10.1. The van der Waals surface area contributed by atoms with Gasteiger partial charge in [-0.3, -0.25) is 9.10 Å². The fourth-order valence-electron chi connectivity index (χ4n) is 4.07. The molecule has 40 heavy (non-hydrogen) atoms. The van der Waals surface area contributed by atoms with E-state index in [0.29, 0.717) is 29.2 Å². The molecule has 0 atom stereocenters. The predicted molar refractivity (Wildman–Crippen MR) is 142 cm³/mol. The Morgan fingerprint density at radius 1 is 1.00 bits per heavy atom. The molecule has 212 valence electrons. The second-order valence-electron chi connectivity index (χ2n) is 8.88. The molecule has 0 unspecified atom stereocenters. The van der Waals surface area contributed by atoms with E-state index in [1.54, 1.807) is 24.3 Å². The largest absolute Gasteiger partial charge is 0.486 e. The van der Waals surface area contributed by atoms with Gasteiger partial charge in [-0.1, -0.05) is 30.3 Å². The third-order valence-corrected chi connectivity index (χ3v) is 7.91. The van der Waals surface area contributed by atoms with Crippen molar-refractivity contribution in [1.29, 1.82) is 0 Å². The molecule has 0 spiro atoms. The van der Waals surface area contributed by atoms with Gasteiger partial charge in [0.05, 0.1) is 29.3 Å². The Kier molecular flexibility index (Phi) is 8.70. The van der Waals surface area contributed by atoms with Crippen molar-refractivity contribution in [2.24, 2.45) is 0 Å². The van der Waals surface area contributed by atoms with Crippen molar-refractivity contribution in [3.8, 4) is 11.5 Å². The number of hydrogen-bond donors (Lipinski definition) is 1. The third kappa shape index (κ3) is 6.57. The van der Waals surface area contributed by atoms with Gasteiger partial charge in [-0.15, -0.1) is 0 Å². The number of aliphatic hydroxyl groups excluding tert-OH is 1. The Bertz CT molecular complexity index is 1490. The Morgan fingerprint density at radius 3 is 2.35 bits per heavy atom. The lowest BCUT2D eigenvalue weighted by Gasteiger charge is -2.28. The summed E-state index contributed by atoms with van der Waals surface area (Å²) in [4.78, 5) is 14.1. The number of benzene rings is 3. The van der Waals surface area contributed by atoms with Gasteiger partial charge in [0.2, 0.25) is 5.91 Å². The summed E-state index contributed by atoms with van der Waals surface area (Å²) in [6.07, 6.45) is -1.83. The topological polar surface area (TPSA) is 96.4 Å². The molecule has 1 aliphatic rings. The van der Waals surface area contributed by atoms with Crippen LogP contribution in [0, 0.1) is 0 Å². The number of anilines is 1. The first-order chi connectivity index (χ1) is 19.0. The standard InChI is InChI=1S/C28H27F3N2O6S/c1-32(27(35)13-8-20-6-9-22(10-7-20)28(29,30)31)19-21-4-2-3-5-24(21)33(14-15-34)40(36,37)23-11-12-25-26(18-23)39-17-16-38-25/h2-13,18,34H,14-17,19H2,1H3/b13-8+. The highest BCUT2D eigenvalue weighted by atomic mass is 32.2. The van der Waals surface area contributed by atoms with Gasteiger partial charge in [0.1, 0.15) is 13.2 Å². The van der Waals surface area contributed by atoms with E-state index in [1.807, 2.05) is 0 Å². The van der Waals surface area contributed by atoms with Crippen LogP contribution in [0.4, 0.5) is 18.9 Å². The average molecular weight is 577 g/mol. The summed E-state index contributed by atoms with van der Waals surface area (Å²) in [6, 6.07) is 15.3. The van der Waals surface area contributed by atoms with Gasteiger partial charge in [0, 0.05) is 25.7 Å². The Labute approximate surface area is 229 Å². The highest BCUT2D eigenvalue weighted by Gasteiger charge is 2.30. The van der Waals surface area contributed by atoms with Gasteiger partial charge in [0.25, 0.3) is 10.0 Å². The number of amides is 1. The normalized spacial score (nSPS) is 13.3. The summed E-state index contributed by atoms with van der Waals surface area (Å²) in [5.41, 5.74) is 0.395. The summed E-state index contributed by atoms with van der Waals surface area (Å²) < 4.78 is 77.8. The first-order valence-corrected chi connectivity index (χ1v) is 13.7. The number of ether oxygens (including phenoxy) is 2. The number of alkyl halides is 3. The lowest BCUT2D eigenvalue weighted by molar-refractivity contribution is -0.137. The van der Waals surface area contributed by atoms with Crippen LogP contribution < -0.4 is 13.8 Å². The van der Waals surface area contributed by atoms with Crippen molar-refractivity contribution in [3.63, 3.8) is 0 Å². The molecule has 0 saturated heterocycles. The first-order valence-electron chi connectivity index (χ1n) is 12.2. The first kappa shape index (κ1) is 29.0. The van der Waals surface area contributed by atoms with E-state index in [-0.39, 0.29) is 30.3 Å². The second kappa shape index (κ2) is 12.0. The van der Waals surface area contributed by atoms with Crippen LogP contribution in [0.3, 0.4) is 0 Å². The molecule has 3 aromatic carbocycles. The molecule has 1 N–H and O–H groups in total. The van der Waals surface area contributed by atoms with E-state index in [1.165, 1.54) is 54.4 Å². The van der Waals surface area contributed by atoms with E-state index in [4.69, 9.17) is 9.47 Å². The summed E-state index contributed by atoms with van der Waals surface area (Å²) in [5, 5.41) is 9.71. The Morgan fingerprint density at radius 2 is 1.68 bits per heavy atom. The number of aliphatic hydroxyl groups is 1. The Hall–Kier alpha value is -4.03. The quantitative estimate of drug-likeness (QED) is 0.381. The average Bonchev–Trinajstić information content (AvgIpc) is 2.94. The fraction of sp³-hybridized carbons (Fsp3) is 0.250. The van der Waals surface area contributed by atoms with Gasteiger partial charge in [-0.25, -0.2) is 8.42 Å². The molecule has 0 saturated carbocycles. The maximum absolute atomic E-state index is 13.7. The van der Waals surface area contributed by atoms with Crippen molar-refractivity contribution >= 4 is 27.7 Å². The number of rotatable bonds is 9. The summed E-state index contributed by atoms with van der Waals surface area (Å²) >= 11 is 0. The van der Waals surface area contributed by atoms with Crippen LogP contribution in [0.25, 0.3) is 6.08 Å². The number of carbonyl (C=O) groups is 1. The van der Waals surface area contributed by atoms with Crippen molar-refractivity contribution in [2.45, 2.75) is 17.6 Å². The maximum Gasteiger partial charge on any atom is 0.416 e. The molecule has 8 nitrogen and oxygen atoms in total. The fourth-order valence-corrected chi connectivity index (χ4v) is 5.58. The van der Waals surface area contributed by atoms with E-state index in [2.05, 4.69) is 0 Å². The molecule has 0 aliphatic carbocycles. The van der Waals surface area contributed by atoms with E-state index in [9.17, 15) is 31.5 Å². The van der Waals surface area contributed by atoms with Gasteiger partial charge in [-0.05, 0) is 47.5 Å². The number of carbonyl (C=O) groups excluding carboxylic acids is 1. The molecule has 0 radical (unpaired) electrons. The van der Waals surface area contributed by atoms with Gasteiger partial charge in [-0.2, -0.15) is 13.2 Å². The van der Waals surface area contributed by atoms with Crippen LogP contribution in [0.5, 0.6) is 11.5 Å². The van der Waals surface area contributed by atoms with Crippen LogP contribution in [0.1, 0.15) is 16.7 Å². The van der Waals surface area contributed by atoms with Gasteiger partial charge in [0.15, 0.2) is 11.5 Å². The molecule has 0 aromatic heterocycles. The molecule has 12 heteroatoms. The number of para-hydroxylation sites is 1. The molecule has 0 fully saturated rings. The number of halogens is 3. The smallest absolute Gasteiger partial charge is 0.416 e. The van der Waals surface area contributed by atoms with Crippen molar-refractivity contribution in [3.05, 3.63) is 89.5 Å². The molecular weight excluding hydrogens is 549 g/mol. The van der Waals surface area contributed by atoms with Crippen LogP contribution in [-0.2, 0) is 27.5 Å². The number of likely N-dealkylation sites (N-methyl/N-ethyl adjacent to an activating group) is 1. The van der Waals surface area contributed by atoms with E-state index in [0.717, 1.165) is 16.4 Å². The lowest BCUT2D eigenvalue weighted by Crippen LogP contribution is -2.35. The van der Waals surface area contributed by atoms with E-state index < -0.39 is 34.3 Å². The molecule has 0 bridgehead atoms. The maximum atomic E-state index is 13.7. The minimum atomic E-state index is -4.45. The number of nitrogens with zero attached hydrogens (tertiary/aromatic N) is 2. The minimum absolute atomic E-state index is 0.0188.